The Labute approximate surface area is 180 Å². The standard InChI is InChI=1S/C22H26ClN3O4/c1-7-13-9-17-18(10-14(13)8-2)25-26(24-17)20-16(23)11-15(28-6)12-19(20)29-21(27)30-22(3,4)5/h9-12H,7-8H2,1-6H3. The highest BCUT2D eigenvalue weighted by Gasteiger charge is 2.23. The van der Waals surface area contributed by atoms with Crippen LogP contribution in [0.25, 0.3) is 16.7 Å². The number of aromatic nitrogens is 3. The summed E-state index contributed by atoms with van der Waals surface area (Å²) in [7, 11) is 1.50. The van der Waals surface area contributed by atoms with E-state index in [9.17, 15) is 4.79 Å². The van der Waals surface area contributed by atoms with Gasteiger partial charge in [0.15, 0.2) is 5.75 Å². The average molecular weight is 432 g/mol. The van der Waals surface area contributed by atoms with E-state index in [1.165, 1.54) is 23.0 Å². The molecule has 3 aromatic rings. The lowest BCUT2D eigenvalue weighted by Gasteiger charge is -2.19. The van der Waals surface area contributed by atoms with Crippen molar-refractivity contribution in [1.29, 1.82) is 0 Å². The number of fused-ring (bicyclic) bond motifs is 1. The van der Waals surface area contributed by atoms with Crippen LogP contribution in [0.15, 0.2) is 24.3 Å². The molecule has 0 atom stereocenters. The fraction of sp³-hybridized carbons (Fsp3) is 0.409. The Balaban J connectivity index is 2.11. The minimum atomic E-state index is -0.855. The molecule has 0 fully saturated rings. The van der Waals surface area contributed by atoms with E-state index in [1.54, 1.807) is 32.9 Å². The molecule has 0 aliphatic carbocycles. The third kappa shape index (κ3) is 4.67. The Morgan fingerprint density at radius 1 is 1.03 bits per heavy atom. The first-order chi connectivity index (χ1) is 14.1. The number of hydrogen-bond acceptors (Lipinski definition) is 6. The SMILES string of the molecule is CCc1cc2nn(-c3c(Cl)cc(OC)cc3OC(=O)OC(C)(C)C)nc2cc1CC. The molecule has 0 unspecified atom stereocenters. The van der Waals surface area contributed by atoms with Crippen LogP contribution < -0.4 is 9.47 Å². The number of nitrogens with zero attached hydrogens (tertiary/aromatic N) is 3. The molecule has 0 bridgehead atoms. The number of methoxy groups -OCH3 is 1. The zero-order valence-corrected chi connectivity index (χ0v) is 18.8. The molecule has 30 heavy (non-hydrogen) atoms. The van der Waals surface area contributed by atoms with Gasteiger partial charge in [0, 0.05) is 12.1 Å². The van der Waals surface area contributed by atoms with Crippen molar-refractivity contribution in [2.75, 3.05) is 7.11 Å². The quantitative estimate of drug-likeness (QED) is 0.391. The van der Waals surface area contributed by atoms with E-state index in [4.69, 9.17) is 25.8 Å². The molecular formula is C22H26ClN3O4. The summed E-state index contributed by atoms with van der Waals surface area (Å²) in [6.45, 7) is 9.49. The summed E-state index contributed by atoms with van der Waals surface area (Å²) in [5.41, 5.74) is 3.55. The highest BCUT2D eigenvalue weighted by molar-refractivity contribution is 6.32. The van der Waals surface area contributed by atoms with Crippen LogP contribution in [0.1, 0.15) is 45.7 Å². The van der Waals surface area contributed by atoms with Crippen LogP contribution in [-0.4, -0.2) is 33.9 Å². The highest BCUT2D eigenvalue weighted by atomic mass is 35.5. The third-order valence-electron chi connectivity index (χ3n) is 4.48. The van der Waals surface area contributed by atoms with Gasteiger partial charge in [-0.3, -0.25) is 0 Å². The Morgan fingerprint density at radius 2 is 1.60 bits per heavy atom. The van der Waals surface area contributed by atoms with Crippen LogP contribution in [0, 0.1) is 0 Å². The zero-order chi connectivity index (χ0) is 22.1. The Bertz CT molecular complexity index is 1050. The number of hydrogen-bond donors (Lipinski definition) is 0. The lowest BCUT2D eigenvalue weighted by molar-refractivity contribution is 0.0205. The van der Waals surface area contributed by atoms with E-state index in [1.807, 2.05) is 12.1 Å². The molecular weight excluding hydrogens is 406 g/mol. The summed E-state index contributed by atoms with van der Waals surface area (Å²) >= 11 is 6.50. The summed E-state index contributed by atoms with van der Waals surface area (Å²) in [6.07, 6.45) is 0.955. The Kier molecular flexibility index (Phi) is 6.22. The van der Waals surface area contributed by atoms with E-state index in [-0.39, 0.29) is 10.8 Å². The van der Waals surface area contributed by atoms with Crippen molar-refractivity contribution in [1.82, 2.24) is 15.0 Å². The van der Waals surface area contributed by atoms with E-state index in [0.29, 0.717) is 11.4 Å². The molecule has 0 saturated carbocycles. The molecule has 0 radical (unpaired) electrons. The fourth-order valence-electron chi connectivity index (χ4n) is 3.11. The van der Waals surface area contributed by atoms with Crippen molar-refractivity contribution < 1.29 is 19.0 Å². The smallest absolute Gasteiger partial charge is 0.497 e. The molecule has 0 aliphatic heterocycles. The maximum absolute atomic E-state index is 12.3. The summed E-state index contributed by atoms with van der Waals surface area (Å²) in [4.78, 5) is 13.7. The molecule has 0 saturated heterocycles. The van der Waals surface area contributed by atoms with Crippen LogP contribution in [-0.2, 0) is 17.6 Å². The van der Waals surface area contributed by atoms with Gasteiger partial charge in [-0.15, -0.1) is 15.0 Å². The van der Waals surface area contributed by atoms with E-state index < -0.39 is 11.8 Å². The first-order valence-corrected chi connectivity index (χ1v) is 10.2. The van der Waals surface area contributed by atoms with Gasteiger partial charge in [-0.2, -0.15) is 0 Å². The van der Waals surface area contributed by atoms with E-state index in [2.05, 4.69) is 24.0 Å². The molecule has 7 nitrogen and oxygen atoms in total. The van der Waals surface area contributed by atoms with Gasteiger partial charge in [0.1, 0.15) is 28.1 Å². The lowest BCUT2D eigenvalue weighted by Crippen LogP contribution is -2.26. The molecule has 0 aliphatic rings. The molecule has 160 valence electrons. The van der Waals surface area contributed by atoms with Crippen LogP contribution >= 0.6 is 11.6 Å². The molecule has 1 heterocycles. The van der Waals surface area contributed by atoms with Crippen LogP contribution in [0.5, 0.6) is 11.5 Å². The maximum Gasteiger partial charge on any atom is 0.514 e. The van der Waals surface area contributed by atoms with Crippen molar-refractivity contribution in [2.24, 2.45) is 0 Å². The summed E-state index contributed by atoms with van der Waals surface area (Å²) in [5, 5.41) is 9.43. The molecule has 3 rings (SSSR count). The van der Waals surface area contributed by atoms with Crippen molar-refractivity contribution in [2.45, 2.75) is 53.1 Å². The first kappa shape index (κ1) is 21.9. The predicted molar refractivity (Wildman–Crippen MR) is 116 cm³/mol. The number of benzene rings is 2. The van der Waals surface area contributed by atoms with E-state index in [0.717, 1.165) is 23.9 Å². The van der Waals surface area contributed by atoms with Crippen LogP contribution in [0.3, 0.4) is 0 Å². The van der Waals surface area contributed by atoms with E-state index >= 15 is 0 Å². The summed E-state index contributed by atoms with van der Waals surface area (Å²) in [6, 6.07) is 7.23. The topological polar surface area (TPSA) is 75.5 Å². The van der Waals surface area contributed by atoms with Gasteiger partial charge in [0.25, 0.3) is 0 Å². The largest absolute Gasteiger partial charge is 0.514 e. The van der Waals surface area contributed by atoms with Crippen LogP contribution in [0.4, 0.5) is 4.79 Å². The molecule has 0 amide bonds. The van der Waals surface area contributed by atoms with Gasteiger partial charge < -0.3 is 14.2 Å². The number of rotatable bonds is 5. The Hall–Kier alpha value is -2.80. The number of aryl methyl sites for hydroxylation is 2. The van der Waals surface area contributed by atoms with Crippen molar-refractivity contribution >= 4 is 28.8 Å². The predicted octanol–water partition coefficient (Wildman–Crippen LogP) is 5.52. The minimum absolute atomic E-state index is 0.139. The molecule has 1 aromatic heterocycles. The third-order valence-corrected chi connectivity index (χ3v) is 4.77. The number of carbonyl (C=O) groups excluding carboxylic acids is 1. The van der Waals surface area contributed by atoms with Crippen LogP contribution in [0.2, 0.25) is 5.02 Å². The van der Waals surface area contributed by atoms with Gasteiger partial charge in [-0.05, 0) is 56.9 Å². The monoisotopic (exact) mass is 431 g/mol. The second-order valence-electron chi connectivity index (χ2n) is 7.83. The molecule has 8 heteroatoms. The van der Waals surface area contributed by atoms with Gasteiger partial charge >= 0.3 is 6.16 Å². The molecule has 0 N–H and O–H groups in total. The number of halogens is 1. The average Bonchev–Trinajstić information content (AvgIpc) is 3.06. The van der Waals surface area contributed by atoms with Gasteiger partial charge in [-0.25, -0.2) is 4.79 Å². The Morgan fingerprint density at radius 3 is 2.07 bits per heavy atom. The lowest BCUT2D eigenvalue weighted by atomic mass is 10.0. The highest BCUT2D eigenvalue weighted by Crippen LogP contribution is 2.36. The van der Waals surface area contributed by atoms with Crippen molar-refractivity contribution in [3.05, 3.63) is 40.4 Å². The van der Waals surface area contributed by atoms with Gasteiger partial charge in [-0.1, -0.05) is 25.4 Å². The summed E-state index contributed by atoms with van der Waals surface area (Å²) in [5.74, 6) is 0.570. The normalized spacial score (nSPS) is 11.6. The zero-order valence-electron chi connectivity index (χ0n) is 18.1. The molecule has 0 spiro atoms. The van der Waals surface area contributed by atoms with Crippen molar-refractivity contribution in [3.63, 3.8) is 0 Å². The van der Waals surface area contributed by atoms with Crippen molar-refractivity contribution in [3.8, 4) is 17.2 Å². The second-order valence-corrected chi connectivity index (χ2v) is 8.24. The number of ether oxygens (including phenoxy) is 3. The van der Waals surface area contributed by atoms with Gasteiger partial charge in [0.2, 0.25) is 0 Å². The second kappa shape index (κ2) is 8.52. The molecule has 2 aromatic carbocycles. The minimum Gasteiger partial charge on any atom is -0.497 e. The number of carbonyl (C=O) groups is 1. The first-order valence-electron chi connectivity index (χ1n) is 9.82. The summed E-state index contributed by atoms with van der Waals surface area (Å²) < 4.78 is 16.0. The fourth-order valence-corrected chi connectivity index (χ4v) is 3.39. The maximum atomic E-state index is 12.3. The van der Waals surface area contributed by atoms with Gasteiger partial charge in [0.05, 0.1) is 12.1 Å².